The van der Waals surface area contributed by atoms with Crippen molar-refractivity contribution >= 4 is 17.6 Å². The smallest absolute Gasteiger partial charge is 0.335 e. The van der Waals surface area contributed by atoms with Crippen LogP contribution in [0.25, 0.3) is 11.1 Å². The van der Waals surface area contributed by atoms with Crippen molar-refractivity contribution in [1.82, 2.24) is 5.32 Å². The summed E-state index contributed by atoms with van der Waals surface area (Å²) in [5.74, 6) is -0.0787. The Balaban J connectivity index is 1.63. The minimum Gasteiger partial charge on any atom is -0.508 e. The number of halogens is 1. The van der Waals surface area contributed by atoms with Gasteiger partial charge < -0.3 is 25.4 Å². The van der Waals surface area contributed by atoms with Gasteiger partial charge in [0.25, 0.3) is 0 Å². The second kappa shape index (κ2) is 10.7. The highest BCUT2D eigenvalue weighted by molar-refractivity contribution is 6.33. The van der Waals surface area contributed by atoms with Gasteiger partial charge in [-0.2, -0.15) is 0 Å². The first-order chi connectivity index (χ1) is 15.7. The molecule has 0 aliphatic heterocycles. The fourth-order valence-electron chi connectivity index (χ4n) is 3.72. The molecule has 3 aromatic carbocycles. The third-order valence-electron chi connectivity index (χ3n) is 5.51. The lowest BCUT2D eigenvalue weighted by Gasteiger charge is -2.21. The Hall–Kier alpha value is -3.06. The first kappa shape index (κ1) is 24.6. The number of ether oxygens (including phenoxy) is 1. The standard InChI is InChI=1S/C26H28ClNO5/c1-15-12-20(22-14-19(26(31)32)6-9-23(22)27)13-16(2)25(15)33-11-10-28-17(3)24(30)18-4-7-21(29)8-5-18/h4-9,12-14,17,24,28-30H,10-11H2,1-3H3,(H,31,32)/t17-,24-/m1/s1. The lowest BCUT2D eigenvalue weighted by molar-refractivity contribution is 0.0697. The van der Waals surface area contributed by atoms with Crippen LogP contribution in [-0.2, 0) is 0 Å². The zero-order valence-electron chi connectivity index (χ0n) is 18.8. The highest BCUT2D eigenvalue weighted by Gasteiger charge is 2.16. The predicted molar refractivity (Wildman–Crippen MR) is 129 cm³/mol. The van der Waals surface area contributed by atoms with Crippen molar-refractivity contribution in [2.45, 2.75) is 32.9 Å². The molecule has 0 heterocycles. The van der Waals surface area contributed by atoms with Gasteiger partial charge in [-0.25, -0.2) is 4.79 Å². The summed E-state index contributed by atoms with van der Waals surface area (Å²) in [6.45, 7) is 6.70. The summed E-state index contributed by atoms with van der Waals surface area (Å²) in [7, 11) is 0. The molecule has 33 heavy (non-hydrogen) atoms. The number of aliphatic hydroxyl groups is 1. The van der Waals surface area contributed by atoms with Crippen molar-refractivity contribution in [3.8, 4) is 22.6 Å². The van der Waals surface area contributed by atoms with Crippen LogP contribution in [0.15, 0.2) is 54.6 Å². The Labute approximate surface area is 198 Å². The highest BCUT2D eigenvalue weighted by Crippen LogP contribution is 2.34. The Morgan fingerprint density at radius 1 is 1.06 bits per heavy atom. The van der Waals surface area contributed by atoms with Gasteiger partial charge in [0, 0.05) is 23.2 Å². The average Bonchev–Trinajstić information content (AvgIpc) is 2.78. The van der Waals surface area contributed by atoms with Crippen LogP contribution in [0.3, 0.4) is 0 Å². The van der Waals surface area contributed by atoms with Crippen LogP contribution in [0, 0.1) is 13.8 Å². The SMILES string of the molecule is Cc1cc(-c2cc(C(=O)O)ccc2Cl)cc(C)c1OCCN[C@H](C)[C@@H](O)c1ccc(O)cc1. The number of aryl methyl sites for hydroxylation is 2. The van der Waals surface area contributed by atoms with E-state index in [4.69, 9.17) is 16.3 Å². The number of carboxylic acid groups (broad SMARTS) is 1. The van der Waals surface area contributed by atoms with Gasteiger partial charge in [0.15, 0.2) is 0 Å². The van der Waals surface area contributed by atoms with Crippen molar-refractivity contribution in [2.24, 2.45) is 0 Å². The Bertz CT molecular complexity index is 1110. The van der Waals surface area contributed by atoms with Crippen molar-refractivity contribution < 1.29 is 24.9 Å². The topological polar surface area (TPSA) is 99.0 Å². The average molecular weight is 470 g/mol. The van der Waals surface area contributed by atoms with Crippen molar-refractivity contribution in [1.29, 1.82) is 0 Å². The number of aromatic hydroxyl groups is 1. The van der Waals surface area contributed by atoms with E-state index in [-0.39, 0.29) is 17.4 Å². The first-order valence-electron chi connectivity index (χ1n) is 10.6. The number of phenols is 1. The zero-order valence-corrected chi connectivity index (χ0v) is 19.6. The molecule has 0 amide bonds. The molecule has 3 aromatic rings. The van der Waals surface area contributed by atoms with Crippen molar-refractivity contribution in [3.63, 3.8) is 0 Å². The monoisotopic (exact) mass is 469 g/mol. The molecular weight excluding hydrogens is 442 g/mol. The van der Waals surface area contributed by atoms with Crippen LogP contribution in [0.5, 0.6) is 11.5 Å². The van der Waals surface area contributed by atoms with Crippen molar-refractivity contribution in [2.75, 3.05) is 13.2 Å². The van der Waals surface area contributed by atoms with Gasteiger partial charge in [-0.05, 0) is 85.5 Å². The van der Waals surface area contributed by atoms with Crippen LogP contribution in [-0.4, -0.2) is 40.5 Å². The molecule has 0 radical (unpaired) electrons. The van der Waals surface area contributed by atoms with Gasteiger partial charge in [-0.3, -0.25) is 0 Å². The summed E-state index contributed by atoms with van der Waals surface area (Å²) in [4.78, 5) is 11.3. The molecule has 6 nitrogen and oxygen atoms in total. The number of hydrogen-bond donors (Lipinski definition) is 4. The van der Waals surface area contributed by atoms with E-state index in [1.165, 1.54) is 6.07 Å². The number of carboxylic acids is 1. The van der Waals surface area contributed by atoms with Crippen LogP contribution in [0.2, 0.25) is 5.02 Å². The van der Waals surface area contributed by atoms with E-state index in [0.29, 0.717) is 23.7 Å². The summed E-state index contributed by atoms with van der Waals surface area (Å²) in [5, 5.41) is 32.9. The number of benzene rings is 3. The number of aliphatic hydroxyl groups excluding tert-OH is 1. The molecule has 0 aliphatic carbocycles. The third kappa shape index (κ3) is 6.05. The number of rotatable bonds is 9. The largest absolute Gasteiger partial charge is 0.508 e. The number of hydrogen-bond acceptors (Lipinski definition) is 5. The highest BCUT2D eigenvalue weighted by atomic mass is 35.5. The Kier molecular flexibility index (Phi) is 7.97. The Morgan fingerprint density at radius 3 is 2.30 bits per heavy atom. The number of aromatic carboxylic acids is 1. The van der Waals surface area contributed by atoms with E-state index in [2.05, 4.69) is 5.32 Å². The molecule has 0 aromatic heterocycles. The molecule has 7 heteroatoms. The fraction of sp³-hybridized carbons (Fsp3) is 0.269. The lowest BCUT2D eigenvalue weighted by Crippen LogP contribution is -2.35. The van der Waals surface area contributed by atoms with Crippen LogP contribution in [0.1, 0.15) is 40.1 Å². The van der Waals surface area contributed by atoms with Gasteiger partial charge >= 0.3 is 5.97 Å². The van der Waals surface area contributed by atoms with E-state index in [9.17, 15) is 20.1 Å². The number of carbonyl (C=O) groups is 1. The normalized spacial score (nSPS) is 12.9. The first-order valence-corrected chi connectivity index (χ1v) is 11.0. The van der Waals surface area contributed by atoms with E-state index in [1.54, 1.807) is 36.4 Å². The maximum absolute atomic E-state index is 11.3. The van der Waals surface area contributed by atoms with E-state index in [1.807, 2.05) is 32.9 Å². The second-order valence-electron chi connectivity index (χ2n) is 8.07. The molecule has 0 bridgehead atoms. The van der Waals surface area contributed by atoms with Crippen molar-refractivity contribution in [3.05, 3.63) is 81.9 Å². The molecule has 0 saturated carbocycles. The zero-order chi connectivity index (χ0) is 24.1. The Morgan fingerprint density at radius 2 is 1.70 bits per heavy atom. The molecule has 0 spiro atoms. The minimum atomic E-state index is -1.00. The van der Waals surface area contributed by atoms with Gasteiger partial charge in [-0.15, -0.1) is 0 Å². The fourth-order valence-corrected chi connectivity index (χ4v) is 3.95. The van der Waals surface area contributed by atoms with Gasteiger partial charge in [0.1, 0.15) is 18.1 Å². The minimum absolute atomic E-state index is 0.161. The maximum Gasteiger partial charge on any atom is 0.335 e. The van der Waals surface area contributed by atoms with Gasteiger partial charge in [0.05, 0.1) is 11.7 Å². The quantitative estimate of drug-likeness (QED) is 0.325. The molecule has 2 atom stereocenters. The van der Waals surface area contributed by atoms with Gasteiger partial charge in [-0.1, -0.05) is 23.7 Å². The molecular formula is C26H28ClNO5. The second-order valence-corrected chi connectivity index (χ2v) is 8.47. The van der Waals surface area contributed by atoms with E-state index in [0.717, 1.165) is 28.0 Å². The van der Waals surface area contributed by atoms with Gasteiger partial charge in [0.2, 0.25) is 0 Å². The summed E-state index contributed by atoms with van der Waals surface area (Å²) in [5.41, 5.74) is 4.22. The molecule has 0 saturated heterocycles. The molecule has 3 rings (SSSR count). The van der Waals surface area contributed by atoms with Crippen LogP contribution in [0.4, 0.5) is 0 Å². The third-order valence-corrected chi connectivity index (χ3v) is 5.84. The molecule has 174 valence electrons. The number of phenolic OH excluding ortho intramolecular Hbond substituents is 1. The molecule has 4 N–H and O–H groups in total. The summed E-state index contributed by atoms with van der Waals surface area (Å²) >= 11 is 6.32. The van der Waals surface area contributed by atoms with E-state index < -0.39 is 12.1 Å². The number of nitrogens with one attached hydrogen (secondary N) is 1. The molecule has 0 fully saturated rings. The van der Waals surface area contributed by atoms with E-state index >= 15 is 0 Å². The molecule has 0 aliphatic rings. The van der Waals surface area contributed by atoms with Crippen LogP contribution >= 0.6 is 11.6 Å². The lowest BCUT2D eigenvalue weighted by atomic mass is 9.98. The summed E-state index contributed by atoms with van der Waals surface area (Å²) in [6.07, 6.45) is -0.709. The summed E-state index contributed by atoms with van der Waals surface area (Å²) < 4.78 is 6.00. The predicted octanol–water partition coefficient (Wildman–Crippen LogP) is 5.12. The van der Waals surface area contributed by atoms with Crippen LogP contribution < -0.4 is 10.1 Å². The summed E-state index contributed by atoms with van der Waals surface area (Å²) in [6, 6.07) is 14.8. The maximum atomic E-state index is 11.3. The molecule has 0 unspecified atom stereocenters.